The number of fused-ring (bicyclic) bond motifs is 1. The predicted octanol–water partition coefficient (Wildman–Crippen LogP) is 2.63. The summed E-state index contributed by atoms with van der Waals surface area (Å²) in [5, 5.41) is 3.04. The lowest BCUT2D eigenvalue weighted by Gasteiger charge is -2.50. The molecule has 1 heterocycles. The first-order valence-electron chi connectivity index (χ1n) is 9.96. The molecule has 0 unspecified atom stereocenters. The topological polar surface area (TPSA) is 84.9 Å². The van der Waals surface area contributed by atoms with E-state index >= 15 is 0 Å². The lowest BCUT2D eigenvalue weighted by atomic mass is 9.67. The highest BCUT2D eigenvalue weighted by atomic mass is 32.2. The van der Waals surface area contributed by atoms with Crippen molar-refractivity contribution in [1.82, 2.24) is 4.31 Å². The summed E-state index contributed by atoms with van der Waals surface area (Å²) < 4.78 is 37.7. The number of anilines is 1. The van der Waals surface area contributed by atoms with Gasteiger partial charge in [0.05, 0.1) is 30.1 Å². The van der Waals surface area contributed by atoms with Crippen molar-refractivity contribution in [3.05, 3.63) is 24.3 Å². The van der Waals surface area contributed by atoms with E-state index in [-0.39, 0.29) is 24.2 Å². The highest BCUT2D eigenvalue weighted by molar-refractivity contribution is 7.89. The maximum absolute atomic E-state index is 13.5. The summed E-state index contributed by atoms with van der Waals surface area (Å²) in [5.74, 6) is 0.511. The Kier molecular flexibility index (Phi) is 6.62. The predicted molar refractivity (Wildman–Crippen MR) is 108 cm³/mol. The third-order valence-corrected chi connectivity index (χ3v) is 7.77. The quantitative estimate of drug-likeness (QED) is 0.747. The van der Waals surface area contributed by atoms with Crippen molar-refractivity contribution in [3.8, 4) is 5.75 Å². The van der Waals surface area contributed by atoms with Gasteiger partial charge in [-0.05, 0) is 38.3 Å². The number of benzene rings is 1. The molecule has 2 fully saturated rings. The molecular weight excluding hydrogens is 380 g/mol. The molecule has 2 atom stereocenters. The van der Waals surface area contributed by atoms with Crippen LogP contribution in [0.4, 0.5) is 5.69 Å². The number of rotatable bonds is 7. The van der Waals surface area contributed by atoms with E-state index in [0.29, 0.717) is 43.9 Å². The van der Waals surface area contributed by atoms with E-state index in [9.17, 15) is 13.2 Å². The fourth-order valence-electron chi connectivity index (χ4n) is 4.51. The van der Waals surface area contributed by atoms with Gasteiger partial charge in [-0.2, -0.15) is 4.31 Å². The summed E-state index contributed by atoms with van der Waals surface area (Å²) >= 11 is 0. The van der Waals surface area contributed by atoms with Crippen molar-refractivity contribution >= 4 is 21.6 Å². The first-order valence-corrected chi connectivity index (χ1v) is 11.6. The van der Waals surface area contributed by atoms with Crippen molar-refractivity contribution in [2.45, 2.75) is 45.1 Å². The van der Waals surface area contributed by atoms with Crippen LogP contribution in [0.2, 0.25) is 0 Å². The molecule has 8 heteroatoms. The molecule has 0 radical (unpaired) electrons. The summed E-state index contributed by atoms with van der Waals surface area (Å²) in [6, 6.07) is 7.03. The molecule has 0 bridgehead atoms. The van der Waals surface area contributed by atoms with Crippen molar-refractivity contribution in [3.63, 3.8) is 0 Å². The molecule has 1 aromatic rings. The minimum absolute atomic E-state index is 0.00621. The van der Waals surface area contributed by atoms with Crippen molar-refractivity contribution in [1.29, 1.82) is 0 Å². The number of hydrogen-bond donors (Lipinski definition) is 1. The van der Waals surface area contributed by atoms with E-state index in [1.54, 1.807) is 7.11 Å². The minimum atomic E-state index is -3.38. The van der Waals surface area contributed by atoms with Crippen molar-refractivity contribution in [2.24, 2.45) is 5.41 Å². The Balaban J connectivity index is 1.90. The minimum Gasteiger partial charge on any atom is -0.492 e. The summed E-state index contributed by atoms with van der Waals surface area (Å²) in [7, 11) is -1.82. The summed E-state index contributed by atoms with van der Waals surface area (Å²) in [6.45, 7) is 3.01. The maximum Gasteiger partial charge on any atom is 0.232 e. The lowest BCUT2D eigenvalue weighted by Crippen LogP contribution is -2.62. The van der Waals surface area contributed by atoms with E-state index in [2.05, 4.69) is 5.32 Å². The van der Waals surface area contributed by atoms with Crippen LogP contribution >= 0.6 is 0 Å². The average Bonchev–Trinajstić information content (AvgIpc) is 2.68. The molecule has 1 amide bonds. The number of sulfonamides is 1. The molecule has 1 aliphatic carbocycles. The Bertz CT molecular complexity index is 798. The number of methoxy groups -OCH3 is 1. The van der Waals surface area contributed by atoms with Crippen LogP contribution in [0.3, 0.4) is 0 Å². The maximum atomic E-state index is 13.5. The SMILES string of the molecule is CCOc1ccccc1NC(=O)[C@@]12CCCC[C@H]1N(CCOC)S(=O)(=O)CC2. The fraction of sp³-hybridized carbons (Fsp3) is 0.650. The molecule has 28 heavy (non-hydrogen) atoms. The second-order valence-electron chi connectivity index (χ2n) is 7.47. The van der Waals surface area contributed by atoms with Crippen LogP contribution in [0.1, 0.15) is 39.0 Å². The number of amides is 1. The highest BCUT2D eigenvalue weighted by Gasteiger charge is 2.55. The van der Waals surface area contributed by atoms with Gasteiger partial charge < -0.3 is 14.8 Å². The molecule has 1 saturated heterocycles. The van der Waals surface area contributed by atoms with Crippen LogP contribution < -0.4 is 10.1 Å². The van der Waals surface area contributed by atoms with Crippen LogP contribution in [0.25, 0.3) is 0 Å². The van der Waals surface area contributed by atoms with Gasteiger partial charge in [0, 0.05) is 19.7 Å². The monoisotopic (exact) mass is 410 g/mol. The van der Waals surface area contributed by atoms with Gasteiger partial charge in [0.1, 0.15) is 5.75 Å². The van der Waals surface area contributed by atoms with Gasteiger partial charge in [-0.15, -0.1) is 0 Å². The molecule has 0 spiro atoms. The Labute approximate surface area is 167 Å². The second-order valence-corrected chi connectivity index (χ2v) is 9.51. The summed E-state index contributed by atoms with van der Waals surface area (Å²) in [4.78, 5) is 13.5. The van der Waals surface area contributed by atoms with Gasteiger partial charge in [-0.3, -0.25) is 4.79 Å². The number of carbonyl (C=O) groups is 1. The second kappa shape index (κ2) is 8.80. The first kappa shape index (κ1) is 21.1. The van der Waals surface area contributed by atoms with Gasteiger partial charge in [-0.25, -0.2) is 8.42 Å². The van der Waals surface area contributed by atoms with Crippen LogP contribution in [0.5, 0.6) is 5.75 Å². The van der Waals surface area contributed by atoms with E-state index in [1.165, 1.54) is 4.31 Å². The molecule has 2 aliphatic rings. The molecule has 7 nitrogen and oxygen atoms in total. The summed E-state index contributed by atoms with van der Waals surface area (Å²) in [5.41, 5.74) is -0.0821. The Morgan fingerprint density at radius 2 is 2.07 bits per heavy atom. The lowest BCUT2D eigenvalue weighted by molar-refractivity contribution is -0.132. The van der Waals surface area contributed by atoms with Crippen LogP contribution in [0.15, 0.2) is 24.3 Å². The van der Waals surface area contributed by atoms with Crippen molar-refractivity contribution in [2.75, 3.05) is 37.9 Å². The molecule has 0 aromatic heterocycles. The average molecular weight is 411 g/mol. The zero-order chi connectivity index (χ0) is 20.2. The Hall–Kier alpha value is -1.64. The molecule has 3 rings (SSSR count). The molecule has 156 valence electrons. The van der Waals surface area contributed by atoms with E-state index in [0.717, 1.165) is 12.8 Å². The van der Waals surface area contributed by atoms with Crippen LogP contribution in [-0.2, 0) is 19.6 Å². The normalized spacial score (nSPS) is 27.0. The Morgan fingerprint density at radius 1 is 1.29 bits per heavy atom. The fourth-order valence-corrected chi connectivity index (χ4v) is 6.41. The highest BCUT2D eigenvalue weighted by Crippen LogP contribution is 2.47. The van der Waals surface area contributed by atoms with Gasteiger partial charge >= 0.3 is 0 Å². The zero-order valence-electron chi connectivity index (χ0n) is 16.6. The van der Waals surface area contributed by atoms with Gasteiger partial charge in [0.2, 0.25) is 15.9 Å². The van der Waals surface area contributed by atoms with Gasteiger partial charge in [0.15, 0.2) is 0 Å². The van der Waals surface area contributed by atoms with Crippen molar-refractivity contribution < 1.29 is 22.7 Å². The van der Waals surface area contributed by atoms with E-state index in [4.69, 9.17) is 9.47 Å². The standard InChI is InChI=1S/C20H30N2O5S/c1-3-27-17-9-5-4-8-16(17)21-19(23)20-11-7-6-10-18(20)22(13-14-26-2)28(24,25)15-12-20/h4-5,8-9,18H,3,6-7,10-15H2,1-2H3,(H,21,23)/t18-,20-/m1/s1. The van der Waals surface area contributed by atoms with Crippen LogP contribution in [0, 0.1) is 5.41 Å². The molecule has 1 N–H and O–H groups in total. The summed E-state index contributed by atoms with van der Waals surface area (Å²) in [6.07, 6.45) is 3.60. The first-order chi connectivity index (χ1) is 13.4. The van der Waals surface area contributed by atoms with E-state index in [1.807, 2.05) is 31.2 Å². The number of carbonyl (C=O) groups excluding carboxylic acids is 1. The third kappa shape index (κ3) is 4.04. The number of nitrogens with zero attached hydrogens (tertiary/aromatic N) is 1. The zero-order valence-corrected chi connectivity index (χ0v) is 17.5. The van der Waals surface area contributed by atoms with Gasteiger partial charge in [0.25, 0.3) is 0 Å². The van der Waals surface area contributed by atoms with Crippen LogP contribution in [-0.4, -0.2) is 57.3 Å². The third-order valence-electron chi connectivity index (χ3n) is 5.90. The largest absolute Gasteiger partial charge is 0.492 e. The molecule has 1 aliphatic heterocycles. The number of hydrogen-bond acceptors (Lipinski definition) is 5. The number of nitrogens with one attached hydrogen (secondary N) is 1. The smallest absolute Gasteiger partial charge is 0.232 e. The number of ether oxygens (including phenoxy) is 2. The van der Waals surface area contributed by atoms with E-state index < -0.39 is 15.4 Å². The molecular formula is C20H30N2O5S. The number of para-hydroxylation sites is 2. The molecule has 1 aromatic carbocycles. The van der Waals surface area contributed by atoms with Gasteiger partial charge in [-0.1, -0.05) is 25.0 Å². The Morgan fingerprint density at radius 3 is 2.82 bits per heavy atom. The molecule has 1 saturated carbocycles.